The molecular weight excluding hydrogens is 372 g/mol. The van der Waals surface area contributed by atoms with Crippen LogP contribution in [0.25, 0.3) is 22.5 Å². The summed E-state index contributed by atoms with van der Waals surface area (Å²) in [5.74, 6) is 0.394. The number of hydrogen-bond acceptors (Lipinski definition) is 4. The summed E-state index contributed by atoms with van der Waals surface area (Å²) in [4.78, 5) is 8.45. The van der Waals surface area contributed by atoms with Gasteiger partial charge in [-0.2, -0.15) is 9.97 Å². The third-order valence-electron chi connectivity index (χ3n) is 5.71. The number of benzene rings is 2. The summed E-state index contributed by atoms with van der Waals surface area (Å²) in [5, 5.41) is 20.6. The van der Waals surface area contributed by atoms with Crippen molar-refractivity contribution in [3.63, 3.8) is 0 Å². The van der Waals surface area contributed by atoms with Crippen molar-refractivity contribution in [1.29, 1.82) is 0 Å². The van der Waals surface area contributed by atoms with Gasteiger partial charge in [0.1, 0.15) is 0 Å². The molecule has 0 saturated heterocycles. The topological polar surface area (TPSA) is 66.2 Å². The van der Waals surface area contributed by atoms with Crippen molar-refractivity contribution in [2.45, 2.75) is 59.3 Å². The van der Waals surface area contributed by atoms with Gasteiger partial charge in [-0.25, -0.2) is 0 Å². The van der Waals surface area contributed by atoms with E-state index in [1.54, 1.807) is 0 Å². The molecule has 158 valence electrons. The van der Waals surface area contributed by atoms with E-state index in [2.05, 4.69) is 55.0 Å². The highest BCUT2D eigenvalue weighted by Gasteiger charge is 2.16. The van der Waals surface area contributed by atoms with Crippen molar-refractivity contribution < 1.29 is 10.2 Å². The summed E-state index contributed by atoms with van der Waals surface area (Å²) < 4.78 is 0. The number of rotatable bonds is 9. The first-order valence-corrected chi connectivity index (χ1v) is 11.0. The SMILES string of the molecule is CCCCCc1ccc(-c2ccc(-c3nc(O)c(CC(C)CC)c(O)n3)cc2)cc1. The second-order valence-electron chi connectivity index (χ2n) is 8.12. The smallest absolute Gasteiger partial charge is 0.221 e. The first-order valence-electron chi connectivity index (χ1n) is 11.0. The zero-order valence-electron chi connectivity index (χ0n) is 18.2. The summed E-state index contributed by atoms with van der Waals surface area (Å²) in [5.41, 5.74) is 4.83. The van der Waals surface area contributed by atoms with Gasteiger partial charge < -0.3 is 10.2 Å². The van der Waals surface area contributed by atoms with Crippen LogP contribution in [0.4, 0.5) is 0 Å². The van der Waals surface area contributed by atoms with Crippen LogP contribution in [0.15, 0.2) is 48.5 Å². The highest BCUT2D eigenvalue weighted by atomic mass is 16.3. The average molecular weight is 405 g/mol. The summed E-state index contributed by atoms with van der Waals surface area (Å²) in [7, 11) is 0. The molecule has 0 aliphatic heterocycles. The van der Waals surface area contributed by atoms with Crippen molar-refractivity contribution in [3.8, 4) is 34.3 Å². The third kappa shape index (κ3) is 5.38. The third-order valence-corrected chi connectivity index (χ3v) is 5.71. The Balaban J connectivity index is 1.75. The Bertz CT molecular complexity index is 927. The minimum atomic E-state index is -0.138. The Labute approximate surface area is 179 Å². The van der Waals surface area contributed by atoms with Crippen molar-refractivity contribution in [2.24, 2.45) is 5.92 Å². The molecule has 30 heavy (non-hydrogen) atoms. The maximum Gasteiger partial charge on any atom is 0.221 e. The molecular formula is C26H32N2O2. The van der Waals surface area contributed by atoms with Crippen molar-refractivity contribution in [2.75, 3.05) is 0 Å². The maximum atomic E-state index is 10.3. The lowest BCUT2D eigenvalue weighted by Gasteiger charge is -2.12. The highest BCUT2D eigenvalue weighted by Crippen LogP contribution is 2.31. The fraction of sp³-hybridized carbons (Fsp3) is 0.385. The monoisotopic (exact) mass is 404 g/mol. The zero-order chi connectivity index (χ0) is 21.5. The van der Waals surface area contributed by atoms with E-state index in [0.29, 0.717) is 23.7 Å². The largest absolute Gasteiger partial charge is 0.493 e. The highest BCUT2D eigenvalue weighted by molar-refractivity contribution is 5.68. The number of hydrogen-bond donors (Lipinski definition) is 2. The van der Waals surface area contributed by atoms with Crippen LogP contribution >= 0.6 is 0 Å². The maximum absolute atomic E-state index is 10.3. The summed E-state index contributed by atoms with van der Waals surface area (Å²) in [6.07, 6.45) is 6.40. The Kier molecular flexibility index (Phi) is 7.45. The lowest BCUT2D eigenvalue weighted by Crippen LogP contribution is -2.02. The number of aryl methyl sites for hydroxylation is 1. The van der Waals surface area contributed by atoms with E-state index < -0.39 is 0 Å². The normalized spacial score (nSPS) is 12.1. The van der Waals surface area contributed by atoms with Crippen LogP contribution in [-0.2, 0) is 12.8 Å². The molecule has 2 N–H and O–H groups in total. The quantitative estimate of drug-likeness (QED) is 0.397. The van der Waals surface area contributed by atoms with E-state index in [-0.39, 0.29) is 11.8 Å². The van der Waals surface area contributed by atoms with Crippen molar-refractivity contribution in [1.82, 2.24) is 9.97 Å². The van der Waals surface area contributed by atoms with Crippen molar-refractivity contribution >= 4 is 0 Å². The zero-order valence-corrected chi connectivity index (χ0v) is 18.2. The van der Waals surface area contributed by atoms with Gasteiger partial charge in [0.05, 0.1) is 5.56 Å². The molecule has 1 unspecified atom stereocenters. The van der Waals surface area contributed by atoms with E-state index >= 15 is 0 Å². The molecule has 1 heterocycles. The molecule has 1 atom stereocenters. The molecule has 0 saturated carbocycles. The number of unbranched alkanes of at least 4 members (excludes halogenated alkanes) is 2. The molecule has 0 spiro atoms. The molecule has 0 radical (unpaired) electrons. The van der Waals surface area contributed by atoms with Gasteiger partial charge in [0.15, 0.2) is 5.82 Å². The van der Waals surface area contributed by atoms with Gasteiger partial charge in [-0.1, -0.05) is 88.6 Å². The van der Waals surface area contributed by atoms with E-state index in [9.17, 15) is 10.2 Å². The Hall–Kier alpha value is -2.88. The molecule has 1 aromatic heterocycles. The minimum absolute atomic E-state index is 0.138. The Morgan fingerprint density at radius 2 is 1.30 bits per heavy atom. The number of nitrogens with zero attached hydrogens (tertiary/aromatic N) is 2. The van der Waals surface area contributed by atoms with Gasteiger partial charge in [-0.15, -0.1) is 0 Å². The van der Waals surface area contributed by atoms with Crippen LogP contribution in [-0.4, -0.2) is 20.2 Å². The lowest BCUT2D eigenvalue weighted by atomic mass is 9.99. The number of aromatic hydroxyl groups is 2. The van der Waals surface area contributed by atoms with Gasteiger partial charge >= 0.3 is 0 Å². The molecule has 3 aromatic rings. The van der Waals surface area contributed by atoms with E-state index in [1.165, 1.54) is 24.8 Å². The number of aromatic nitrogens is 2. The summed E-state index contributed by atoms with van der Waals surface area (Å²) in [6.45, 7) is 6.38. The van der Waals surface area contributed by atoms with Crippen LogP contribution in [0.2, 0.25) is 0 Å². The Morgan fingerprint density at radius 3 is 1.83 bits per heavy atom. The molecule has 0 aliphatic rings. The van der Waals surface area contributed by atoms with Gasteiger partial charge in [-0.05, 0) is 41.9 Å². The fourth-order valence-electron chi connectivity index (χ4n) is 3.52. The molecule has 0 amide bonds. The van der Waals surface area contributed by atoms with Gasteiger partial charge in [-0.3, -0.25) is 0 Å². The average Bonchev–Trinajstić information content (AvgIpc) is 2.76. The molecule has 0 fully saturated rings. The van der Waals surface area contributed by atoms with Gasteiger partial charge in [0.25, 0.3) is 0 Å². The molecule has 2 aromatic carbocycles. The summed E-state index contributed by atoms with van der Waals surface area (Å²) >= 11 is 0. The van der Waals surface area contributed by atoms with Crippen LogP contribution in [0.5, 0.6) is 11.8 Å². The standard InChI is InChI=1S/C26H32N2O2/c1-4-6-7-8-19-9-11-20(12-10-19)21-13-15-22(16-14-21)24-27-25(29)23(26(30)28-24)17-18(3)5-2/h9-16,18H,4-8,17H2,1-3H3,(H2,27,28,29,30). The van der Waals surface area contributed by atoms with E-state index in [1.807, 2.05) is 24.3 Å². The van der Waals surface area contributed by atoms with Crippen LogP contribution in [0.3, 0.4) is 0 Å². The fourth-order valence-corrected chi connectivity index (χ4v) is 3.52. The van der Waals surface area contributed by atoms with Gasteiger partial charge in [0, 0.05) is 5.56 Å². The molecule has 0 aliphatic carbocycles. The van der Waals surface area contributed by atoms with Crippen LogP contribution in [0, 0.1) is 5.92 Å². The van der Waals surface area contributed by atoms with E-state index in [0.717, 1.165) is 29.5 Å². The first kappa shape index (κ1) is 21.8. The Morgan fingerprint density at radius 1 is 0.767 bits per heavy atom. The second kappa shape index (κ2) is 10.2. The van der Waals surface area contributed by atoms with Crippen LogP contribution < -0.4 is 0 Å². The van der Waals surface area contributed by atoms with Crippen LogP contribution in [0.1, 0.15) is 57.6 Å². The molecule has 0 bridgehead atoms. The summed E-state index contributed by atoms with van der Waals surface area (Å²) in [6, 6.07) is 16.6. The first-order chi connectivity index (χ1) is 14.5. The van der Waals surface area contributed by atoms with Crippen molar-refractivity contribution in [3.05, 3.63) is 59.7 Å². The van der Waals surface area contributed by atoms with E-state index in [4.69, 9.17) is 0 Å². The lowest BCUT2D eigenvalue weighted by molar-refractivity contribution is 0.399. The van der Waals surface area contributed by atoms with Gasteiger partial charge in [0.2, 0.25) is 11.8 Å². The molecule has 4 heteroatoms. The molecule has 4 nitrogen and oxygen atoms in total. The minimum Gasteiger partial charge on any atom is -0.493 e. The second-order valence-corrected chi connectivity index (χ2v) is 8.12. The predicted octanol–water partition coefficient (Wildman–Crippen LogP) is 6.54. The molecule has 3 rings (SSSR count). The predicted molar refractivity (Wildman–Crippen MR) is 123 cm³/mol.